The van der Waals surface area contributed by atoms with Crippen LogP contribution < -0.4 is 20.5 Å². The fourth-order valence-electron chi connectivity index (χ4n) is 2.82. The van der Waals surface area contributed by atoms with Crippen LogP contribution in [0.25, 0.3) is 0 Å². The Morgan fingerprint density at radius 3 is 2.61 bits per heavy atom. The zero-order valence-corrected chi connectivity index (χ0v) is 14.7. The van der Waals surface area contributed by atoms with Crippen molar-refractivity contribution in [3.05, 3.63) is 58.5 Å². The van der Waals surface area contributed by atoms with Gasteiger partial charge in [-0.05, 0) is 18.2 Å². The summed E-state index contributed by atoms with van der Waals surface area (Å²) in [7, 11) is 1.42. The summed E-state index contributed by atoms with van der Waals surface area (Å²) in [6.45, 7) is -0.749. The molecule has 148 valence electrons. The summed E-state index contributed by atoms with van der Waals surface area (Å²) < 4.78 is 45.0. The minimum Gasteiger partial charge on any atom is -0.477 e. The van der Waals surface area contributed by atoms with Crippen molar-refractivity contribution in [1.82, 2.24) is 9.88 Å². The molecule has 1 aliphatic heterocycles. The van der Waals surface area contributed by atoms with Crippen molar-refractivity contribution >= 4 is 17.5 Å². The molecule has 3 rings (SSSR count). The van der Waals surface area contributed by atoms with E-state index in [1.54, 1.807) is 24.3 Å². The van der Waals surface area contributed by atoms with E-state index in [9.17, 15) is 27.6 Å². The number of anilines is 1. The minimum atomic E-state index is -4.64. The molecule has 0 saturated heterocycles. The summed E-state index contributed by atoms with van der Waals surface area (Å²) >= 11 is 0. The second kappa shape index (κ2) is 7.37. The van der Waals surface area contributed by atoms with Crippen LogP contribution in [0.4, 0.5) is 18.9 Å². The quantitative estimate of drug-likeness (QED) is 0.852. The molecular formula is C18H16F3N3O4. The largest absolute Gasteiger partial charge is 0.477 e. The van der Waals surface area contributed by atoms with E-state index in [4.69, 9.17) is 4.74 Å². The Morgan fingerprint density at radius 1 is 1.21 bits per heavy atom. The van der Waals surface area contributed by atoms with E-state index < -0.39 is 41.8 Å². The van der Waals surface area contributed by atoms with Gasteiger partial charge in [-0.25, -0.2) is 0 Å². The number of hydrogen-bond acceptors (Lipinski definition) is 4. The Hall–Kier alpha value is -3.30. The van der Waals surface area contributed by atoms with Crippen LogP contribution >= 0.6 is 0 Å². The first-order chi connectivity index (χ1) is 13.2. The van der Waals surface area contributed by atoms with Gasteiger partial charge in [-0.2, -0.15) is 13.2 Å². The van der Waals surface area contributed by atoms with E-state index in [-0.39, 0.29) is 12.3 Å². The molecule has 0 saturated carbocycles. The van der Waals surface area contributed by atoms with Crippen LogP contribution in [0, 0.1) is 0 Å². The number of halogens is 3. The molecular weight excluding hydrogens is 379 g/mol. The van der Waals surface area contributed by atoms with E-state index in [0.29, 0.717) is 22.5 Å². The number of likely N-dealkylation sites (N-methyl/N-ethyl adjacent to an activating group) is 1. The number of benzene rings is 1. The minimum absolute atomic E-state index is 0.136. The molecule has 7 nitrogen and oxygen atoms in total. The average molecular weight is 395 g/mol. The number of nitrogens with zero attached hydrogens (tertiary/aromatic N) is 2. The summed E-state index contributed by atoms with van der Waals surface area (Å²) in [5.74, 6) is -0.818. The molecule has 0 fully saturated rings. The third-order valence-corrected chi connectivity index (χ3v) is 4.23. The molecule has 0 radical (unpaired) electrons. The lowest BCUT2D eigenvalue weighted by Gasteiger charge is -2.34. The SMILES string of the molecule is CNC(=O)[C@@H]1CN(C(=O)Cn2cc(C(F)(F)F)ccc2=O)c2ccccc2O1. The Kier molecular flexibility index (Phi) is 5.12. The molecule has 0 spiro atoms. The second-order valence-electron chi connectivity index (χ2n) is 6.07. The fraction of sp³-hybridized carbons (Fsp3) is 0.278. The van der Waals surface area contributed by atoms with Gasteiger partial charge < -0.3 is 19.5 Å². The van der Waals surface area contributed by atoms with Crippen LogP contribution in [0.1, 0.15) is 5.56 Å². The van der Waals surface area contributed by atoms with Gasteiger partial charge in [0, 0.05) is 19.3 Å². The molecule has 0 aliphatic carbocycles. The Morgan fingerprint density at radius 2 is 1.93 bits per heavy atom. The lowest BCUT2D eigenvalue weighted by Crippen LogP contribution is -2.51. The van der Waals surface area contributed by atoms with Crippen molar-refractivity contribution in [2.75, 3.05) is 18.5 Å². The lowest BCUT2D eigenvalue weighted by molar-refractivity contribution is -0.138. The van der Waals surface area contributed by atoms with Crippen LogP contribution in [-0.2, 0) is 22.3 Å². The summed E-state index contributed by atoms with van der Waals surface area (Å²) in [5.41, 5.74) is -1.41. The van der Waals surface area contributed by atoms with Gasteiger partial charge in [-0.1, -0.05) is 12.1 Å². The number of pyridine rings is 1. The number of aromatic nitrogens is 1. The Bertz CT molecular complexity index is 971. The molecule has 2 amide bonds. The number of nitrogens with one attached hydrogen (secondary N) is 1. The molecule has 1 aromatic carbocycles. The van der Waals surface area contributed by atoms with Crippen molar-refractivity contribution < 1.29 is 27.5 Å². The number of hydrogen-bond donors (Lipinski definition) is 1. The molecule has 1 atom stereocenters. The van der Waals surface area contributed by atoms with Crippen LogP contribution in [0.3, 0.4) is 0 Å². The van der Waals surface area contributed by atoms with E-state index >= 15 is 0 Å². The highest BCUT2D eigenvalue weighted by Gasteiger charge is 2.34. The molecule has 2 heterocycles. The standard InChI is InChI=1S/C18H16F3N3O4/c1-22-17(27)14-9-24(12-4-2-3-5-13(12)28-14)16(26)10-23-8-11(18(19,20)21)6-7-15(23)25/h2-8,14H,9-10H2,1H3,(H,22,27)/t14-/m0/s1. The third-order valence-electron chi connectivity index (χ3n) is 4.23. The van der Waals surface area contributed by atoms with Gasteiger partial charge in [0.2, 0.25) is 5.91 Å². The van der Waals surface area contributed by atoms with Gasteiger partial charge in [-0.15, -0.1) is 0 Å². The monoisotopic (exact) mass is 395 g/mol. The van der Waals surface area contributed by atoms with Crippen LogP contribution in [-0.4, -0.2) is 36.1 Å². The highest BCUT2D eigenvalue weighted by Crippen LogP contribution is 2.33. The molecule has 10 heteroatoms. The normalized spacial score (nSPS) is 16.1. The number of alkyl halides is 3. The zero-order chi connectivity index (χ0) is 20.5. The molecule has 0 bridgehead atoms. The molecule has 0 unspecified atom stereocenters. The van der Waals surface area contributed by atoms with Gasteiger partial charge >= 0.3 is 6.18 Å². The van der Waals surface area contributed by atoms with Gasteiger partial charge in [0.25, 0.3) is 11.5 Å². The fourth-order valence-corrected chi connectivity index (χ4v) is 2.82. The third kappa shape index (κ3) is 3.85. The molecule has 1 aliphatic rings. The van der Waals surface area contributed by atoms with E-state index in [2.05, 4.69) is 5.32 Å². The maximum absolute atomic E-state index is 12.9. The van der Waals surface area contributed by atoms with Gasteiger partial charge in [0.15, 0.2) is 6.10 Å². The van der Waals surface area contributed by atoms with Crippen molar-refractivity contribution in [2.45, 2.75) is 18.8 Å². The van der Waals surface area contributed by atoms with Gasteiger partial charge in [0.05, 0.1) is 17.8 Å². The smallest absolute Gasteiger partial charge is 0.417 e. The lowest BCUT2D eigenvalue weighted by atomic mass is 10.1. The maximum Gasteiger partial charge on any atom is 0.417 e. The number of fused-ring (bicyclic) bond motifs is 1. The predicted molar refractivity (Wildman–Crippen MR) is 93.0 cm³/mol. The molecule has 2 aromatic rings. The summed E-state index contributed by atoms with van der Waals surface area (Å²) in [5, 5.41) is 2.43. The number of ether oxygens (including phenoxy) is 1. The molecule has 28 heavy (non-hydrogen) atoms. The van der Waals surface area contributed by atoms with Crippen molar-refractivity contribution in [1.29, 1.82) is 0 Å². The van der Waals surface area contributed by atoms with Crippen LogP contribution in [0.5, 0.6) is 5.75 Å². The maximum atomic E-state index is 12.9. The average Bonchev–Trinajstić information content (AvgIpc) is 2.67. The topological polar surface area (TPSA) is 80.6 Å². The summed E-state index contributed by atoms with van der Waals surface area (Å²) in [6.07, 6.45) is -5.03. The van der Waals surface area contributed by atoms with Crippen molar-refractivity contribution in [3.63, 3.8) is 0 Å². The zero-order valence-electron chi connectivity index (χ0n) is 14.7. The second-order valence-corrected chi connectivity index (χ2v) is 6.07. The highest BCUT2D eigenvalue weighted by molar-refractivity contribution is 5.97. The van der Waals surface area contributed by atoms with Crippen molar-refractivity contribution in [3.8, 4) is 5.75 Å². The Balaban J connectivity index is 1.92. The number of para-hydroxylation sites is 2. The van der Waals surface area contributed by atoms with E-state index in [0.717, 1.165) is 6.07 Å². The first kappa shape index (κ1) is 19.5. The molecule has 1 aromatic heterocycles. The number of carbonyl (C=O) groups is 2. The van der Waals surface area contributed by atoms with Crippen molar-refractivity contribution in [2.24, 2.45) is 0 Å². The van der Waals surface area contributed by atoms with E-state index in [1.165, 1.54) is 11.9 Å². The predicted octanol–water partition coefficient (Wildman–Crippen LogP) is 1.41. The first-order valence-electron chi connectivity index (χ1n) is 8.26. The summed E-state index contributed by atoms with van der Waals surface area (Å²) in [4.78, 5) is 37.9. The van der Waals surface area contributed by atoms with Crippen LogP contribution in [0.15, 0.2) is 47.4 Å². The molecule has 1 N–H and O–H groups in total. The number of rotatable bonds is 3. The van der Waals surface area contributed by atoms with Crippen LogP contribution in [0.2, 0.25) is 0 Å². The first-order valence-corrected chi connectivity index (χ1v) is 8.26. The Labute approximate surface area is 157 Å². The van der Waals surface area contributed by atoms with Gasteiger partial charge in [-0.3, -0.25) is 14.4 Å². The summed E-state index contributed by atoms with van der Waals surface area (Å²) in [6, 6.07) is 7.89. The highest BCUT2D eigenvalue weighted by atomic mass is 19.4. The van der Waals surface area contributed by atoms with Gasteiger partial charge in [0.1, 0.15) is 12.3 Å². The number of carbonyl (C=O) groups excluding carboxylic acids is 2. The number of amides is 2. The van der Waals surface area contributed by atoms with E-state index in [1.807, 2.05) is 0 Å².